The van der Waals surface area contributed by atoms with Crippen molar-refractivity contribution in [3.8, 4) is 11.9 Å². The molecule has 0 bridgehead atoms. The van der Waals surface area contributed by atoms with Crippen molar-refractivity contribution >= 4 is 40.6 Å². The third-order valence-electron chi connectivity index (χ3n) is 6.33. The Kier molecular flexibility index (Phi) is 8.29. The first-order chi connectivity index (χ1) is 19.2. The Bertz CT molecular complexity index is 1770. The second-order valence-electron chi connectivity index (χ2n) is 9.23. The Labute approximate surface area is 233 Å². The van der Waals surface area contributed by atoms with Gasteiger partial charge in [-0.25, -0.2) is 18.0 Å². The maximum Gasteiger partial charge on any atom is 0.470 e. The number of phosphoric acid groups is 1. The third-order valence-corrected chi connectivity index (χ3v) is 8.96. The summed E-state index contributed by atoms with van der Waals surface area (Å²) in [5, 5.41) is 12.0. The molecule has 2 heterocycles. The molecule has 2 aromatic heterocycles. The number of hydrogen-bond donors (Lipinski definition) is 4. The number of sulfonamides is 1. The van der Waals surface area contributed by atoms with E-state index >= 15 is 0 Å². The maximum absolute atomic E-state index is 13.1. The zero-order valence-electron chi connectivity index (χ0n) is 21.4. The fourth-order valence-corrected chi connectivity index (χ4v) is 5.62. The van der Waals surface area contributed by atoms with Gasteiger partial charge < -0.3 is 24.4 Å². The van der Waals surface area contributed by atoms with Gasteiger partial charge in [0, 0.05) is 25.2 Å². The number of amides is 2. The highest BCUT2D eigenvalue weighted by Crippen LogP contribution is 2.43. The second kappa shape index (κ2) is 11.4. The van der Waals surface area contributed by atoms with E-state index in [-0.39, 0.29) is 36.3 Å². The number of carbonyl (C=O) groups is 2. The molecular formula is C24H24N5O10PS. The van der Waals surface area contributed by atoms with Crippen molar-refractivity contribution in [1.29, 1.82) is 5.26 Å². The second-order valence-corrected chi connectivity index (χ2v) is 12.5. The lowest BCUT2D eigenvalue weighted by Crippen LogP contribution is -2.44. The molecule has 216 valence electrons. The molecule has 4 N–H and O–H groups in total. The molecule has 0 atom stereocenters. The van der Waals surface area contributed by atoms with E-state index in [0.717, 1.165) is 10.1 Å². The quantitative estimate of drug-likeness (QED) is 0.215. The van der Waals surface area contributed by atoms with Crippen LogP contribution in [-0.4, -0.2) is 57.5 Å². The largest absolute Gasteiger partial charge is 0.474 e. The molecule has 17 heteroatoms. The van der Waals surface area contributed by atoms with Crippen LogP contribution >= 0.6 is 7.82 Å². The van der Waals surface area contributed by atoms with Crippen LogP contribution in [-0.2, 0) is 37.5 Å². The van der Waals surface area contributed by atoms with E-state index in [9.17, 15) is 27.4 Å². The number of benzene rings is 1. The number of pyridine rings is 2. The molecule has 15 nitrogen and oxygen atoms in total. The van der Waals surface area contributed by atoms with Gasteiger partial charge in [-0.15, -0.1) is 0 Å². The fraction of sp³-hybridized carbons (Fsp3) is 0.292. The van der Waals surface area contributed by atoms with Gasteiger partial charge in [-0.3, -0.25) is 23.6 Å². The summed E-state index contributed by atoms with van der Waals surface area (Å²) in [6.45, 7) is -1.49. The summed E-state index contributed by atoms with van der Waals surface area (Å²) in [7, 11) is -7.90. The number of nitrogens with one attached hydrogen (secondary N) is 2. The average Bonchev–Trinajstić information content (AvgIpc) is 3.73. The van der Waals surface area contributed by atoms with Crippen LogP contribution in [0.5, 0.6) is 5.88 Å². The van der Waals surface area contributed by atoms with Crippen LogP contribution < -0.4 is 20.3 Å². The number of fused-ring (bicyclic) bond motifs is 1. The van der Waals surface area contributed by atoms with E-state index in [1.165, 1.54) is 19.3 Å². The van der Waals surface area contributed by atoms with Crippen molar-refractivity contribution in [2.45, 2.75) is 24.1 Å². The molecule has 2 amide bonds. The van der Waals surface area contributed by atoms with Gasteiger partial charge in [0.2, 0.25) is 15.9 Å². The summed E-state index contributed by atoms with van der Waals surface area (Å²) in [6, 6.07) is 11.5. The van der Waals surface area contributed by atoms with Gasteiger partial charge in [0.1, 0.15) is 29.0 Å². The molecule has 4 rings (SSSR count). The normalized spacial score (nSPS) is 14.2. The minimum atomic E-state index is -4.98. The zero-order valence-corrected chi connectivity index (χ0v) is 23.1. The van der Waals surface area contributed by atoms with Crippen LogP contribution in [0.25, 0.3) is 10.9 Å². The first-order valence-corrected chi connectivity index (χ1v) is 14.9. The smallest absolute Gasteiger partial charge is 0.470 e. The molecule has 3 aromatic rings. The molecule has 1 aromatic carbocycles. The number of nitriles is 1. The molecule has 0 unspecified atom stereocenters. The molecule has 1 aliphatic carbocycles. The molecule has 0 saturated heterocycles. The Morgan fingerprint density at radius 3 is 2.51 bits per heavy atom. The topological polar surface area (TPSA) is 227 Å². The van der Waals surface area contributed by atoms with E-state index in [4.69, 9.17) is 19.8 Å². The first kappa shape index (κ1) is 29.8. The monoisotopic (exact) mass is 605 g/mol. The number of phosphoric ester groups is 1. The number of aromatic nitrogens is 2. The predicted molar refractivity (Wildman–Crippen MR) is 142 cm³/mol. The Balaban J connectivity index is 1.49. The molecule has 1 aliphatic rings. The van der Waals surface area contributed by atoms with Crippen LogP contribution in [0.2, 0.25) is 0 Å². The number of aryl methyl sites for hydroxylation is 1. The van der Waals surface area contributed by atoms with Gasteiger partial charge in [0.15, 0.2) is 0 Å². The molecule has 0 aliphatic heterocycles. The van der Waals surface area contributed by atoms with Gasteiger partial charge in [-0.05, 0) is 42.7 Å². The molecular weight excluding hydrogens is 581 g/mol. The van der Waals surface area contributed by atoms with Crippen LogP contribution in [0, 0.1) is 11.3 Å². The standard InChI is InChI=1S/C24H24N5O10PS/c1-29-20-17(10-18(23(29)32)21(31)27-12-16-4-2-15(11-25)3-5-16)6-9-26-22(20)38-14-24(7-8-24)41(36,37)28-19(30)13-39-40(33,34)35/h2-6,9-10H,7-8,12-14H2,1H3,(H,27,31)(H,28,30)(H2,33,34,35). The first-order valence-electron chi connectivity index (χ1n) is 11.9. The minimum Gasteiger partial charge on any atom is -0.474 e. The van der Waals surface area contributed by atoms with Crippen molar-refractivity contribution in [3.63, 3.8) is 0 Å². The minimum absolute atomic E-state index is 0.0794. The van der Waals surface area contributed by atoms with Gasteiger partial charge in [-0.2, -0.15) is 5.26 Å². The zero-order chi connectivity index (χ0) is 30.0. The highest BCUT2D eigenvalue weighted by molar-refractivity contribution is 7.91. The van der Waals surface area contributed by atoms with E-state index in [2.05, 4.69) is 14.8 Å². The molecule has 1 saturated carbocycles. The number of carbonyl (C=O) groups excluding carboxylic acids is 2. The third kappa shape index (κ3) is 6.79. The molecule has 0 radical (unpaired) electrons. The SMILES string of the molecule is Cn1c(=O)c(C(=O)NCc2ccc(C#N)cc2)cc2ccnc(OCC3(S(=O)(=O)NC(=O)COP(=O)(O)O)CC3)c21. The van der Waals surface area contributed by atoms with Crippen molar-refractivity contribution in [2.75, 3.05) is 13.2 Å². The Morgan fingerprint density at radius 2 is 1.90 bits per heavy atom. The molecule has 41 heavy (non-hydrogen) atoms. The summed E-state index contributed by atoms with van der Waals surface area (Å²) in [5.74, 6) is -1.97. The van der Waals surface area contributed by atoms with Crippen molar-refractivity contribution in [2.24, 2.45) is 7.05 Å². The molecule has 1 fully saturated rings. The van der Waals surface area contributed by atoms with Crippen molar-refractivity contribution < 1.29 is 41.6 Å². The predicted octanol–water partition coefficient (Wildman–Crippen LogP) is 0.202. The Hall–Kier alpha value is -4.13. The van der Waals surface area contributed by atoms with Crippen LogP contribution in [0.15, 0.2) is 47.4 Å². The highest BCUT2D eigenvalue weighted by Gasteiger charge is 2.56. The van der Waals surface area contributed by atoms with E-state index < -0.39 is 53.2 Å². The van der Waals surface area contributed by atoms with Crippen molar-refractivity contribution in [3.05, 3.63) is 69.6 Å². The Morgan fingerprint density at radius 1 is 1.22 bits per heavy atom. The average molecular weight is 606 g/mol. The number of ether oxygens (including phenoxy) is 1. The lowest BCUT2D eigenvalue weighted by atomic mass is 10.1. The lowest BCUT2D eigenvalue weighted by Gasteiger charge is -2.19. The number of rotatable bonds is 11. The summed E-state index contributed by atoms with van der Waals surface area (Å²) in [5.41, 5.74) is 0.599. The van der Waals surface area contributed by atoms with E-state index in [1.54, 1.807) is 35.1 Å². The van der Waals surface area contributed by atoms with Crippen molar-refractivity contribution in [1.82, 2.24) is 19.6 Å². The summed E-state index contributed by atoms with van der Waals surface area (Å²) >= 11 is 0. The highest BCUT2D eigenvalue weighted by atomic mass is 32.2. The van der Waals surface area contributed by atoms with Gasteiger partial charge in [-0.1, -0.05) is 12.1 Å². The van der Waals surface area contributed by atoms with Crippen LogP contribution in [0.1, 0.15) is 34.3 Å². The molecule has 0 spiro atoms. The lowest BCUT2D eigenvalue weighted by molar-refractivity contribution is -0.121. The van der Waals surface area contributed by atoms with Gasteiger partial charge in [0.25, 0.3) is 17.4 Å². The van der Waals surface area contributed by atoms with Gasteiger partial charge in [0.05, 0.1) is 11.6 Å². The maximum atomic E-state index is 13.1. The van der Waals surface area contributed by atoms with E-state index in [1.807, 2.05) is 6.07 Å². The van der Waals surface area contributed by atoms with Crippen LogP contribution in [0.3, 0.4) is 0 Å². The van der Waals surface area contributed by atoms with Crippen LogP contribution in [0.4, 0.5) is 0 Å². The fourth-order valence-electron chi connectivity index (χ4n) is 3.91. The summed E-state index contributed by atoms with van der Waals surface area (Å²) in [4.78, 5) is 59.2. The van der Waals surface area contributed by atoms with E-state index in [0.29, 0.717) is 10.9 Å². The number of nitrogens with zero attached hydrogens (tertiary/aromatic N) is 3. The summed E-state index contributed by atoms with van der Waals surface area (Å²) < 4.78 is 47.4. The number of hydrogen-bond acceptors (Lipinski definition) is 10. The van der Waals surface area contributed by atoms with Gasteiger partial charge >= 0.3 is 7.82 Å². The summed E-state index contributed by atoms with van der Waals surface area (Å²) in [6.07, 6.45) is 1.61.